The van der Waals surface area contributed by atoms with Crippen LogP contribution >= 0.6 is 0 Å². The number of likely N-dealkylation sites (tertiary alicyclic amines) is 1. The van der Waals surface area contributed by atoms with Crippen LogP contribution in [0.5, 0.6) is 11.5 Å². The zero-order valence-electron chi connectivity index (χ0n) is 17.3. The number of amides is 1. The van der Waals surface area contributed by atoms with E-state index in [1.807, 2.05) is 38.1 Å². The number of hydrogen-bond acceptors (Lipinski definition) is 5. The molecule has 1 saturated heterocycles. The zero-order chi connectivity index (χ0) is 21.6. The molecule has 30 heavy (non-hydrogen) atoms. The Labute approximate surface area is 178 Å². The van der Waals surface area contributed by atoms with E-state index in [4.69, 9.17) is 9.47 Å². The maximum atomic E-state index is 12.8. The van der Waals surface area contributed by atoms with E-state index in [0.717, 1.165) is 5.56 Å². The van der Waals surface area contributed by atoms with Crippen molar-refractivity contribution in [2.45, 2.75) is 31.6 Å². The molecule has 0 spiro atoms. The van der Waals surface area contributed by atoms with E-state index in [0.29, 0.717) is 50.6 Å². The molecule has 1 amide bonds. The van der Waals surface area contributed by atoms with Crippen molar-refractivity contribution in [3.05, 3.63) is 54.1 Å². The van der Waals surface area contributed by atoms with Crippen molar-refractivity contribution in [3.8, 4) is 11.5 Å². The number of benzene rings is 2. The minimum absolute atomic E-state index is 0.154. The average molecular weight is 433 g/mol. The lowest BCUT2D eigenvalue weighted by molar-refractivity contribution is 0.131. The lowest BCUT2D eigenvalue weighted by Crippen LogP contribution is -2.42. The molecule has 0 bridgehead atoms. The number of hydrogen-bond donors (Lipinski definition) is 1. The third kappa shape index (κ3) is 5.73. The largest absolute Gasteiger partial charge is 0.492 e. The van der Waals surface area contributed by atoms with E-state index in [1.54, 1.807) is 29.2 Å². The van der Waals surface area contributed by atoms with Crippen LogP contribution in [-0.2, 0) is 10.0 Å². The topological polar surface area (TPSA) is 84.9 Å². The molecular weight excluding hydrogens is 404 g/mol. The van der Waals surface area contributed by atoms with Crippen molar-refractivity contribution in [2.24, 2.45) is 5.92 Å². The number of carbonyl (C=O) groups excluding carboxylic acids is 1. The molecule has 0 radical (unpaired) electrons. The summed E-state index contributed by atoms with van der Waals surface area (Å²) in [4.78, 5) is 14.1. The summed E-state index contributed by atoms with van der Waals surface area (Å²) in [5.74, 6) is 1.02. The third-order valence-electron chi connectivity index (χ3n) is 5.07. The van der Waals surface area contributed by atoms with Gasteiger partial charge in [-0.15, -0.1) is 0 Å². The number of sulfonamides is 1. The van der Waals surface area contributed by atoms with E-state index in [9.17, 15) is 13.2 Å². The number of rotatable bonds is 7. The second-order valence-corrected chi connectivity index (χ2v) is 9.08. The van der Waals surface area contributed by atoms with Crippen molar-refractivity contribution in [2.75, 3.05) is 26.2 Å². The standard InChI is InChI=1S/C22H28N2O5S/c1-3-28-20-10-9-17(2)15-21(20)30(26,27)23-16-18-11-13-24(14-12-18)22(25)29-19-7-5-4-6-8-19/h4-10,15,18,23H,3,11-14,16H2,1-2H3. The monoisotopic (exact) mass is 432 g/mol. The minimum atomic E-state index is -3.69. The van der Waals surface area contributed by atoms with Gasteiger partial charge in [0.15, 0.2) is 0 Å². The molecule has 0 unspecified atom stereocenters. The fourth-order valence-corrected chi connectivity index (χ4v) is 4.72. The van der Waals surface area contributed by atoms with Crippen LogP contribution < -0.4 is 14.2 Å². The second-order valence-electron chi connectivity index (χ2n) is 7.35. The van der Waals surface area contributed by atoms with Crippen LogP contribution in [0.1, 0.15) is 25.3 Å². The molecule has 0 aromatic heterocycles. The van der Waals surface area contributed by atoms with Crippen LogP contribution in [0.3, 0.4) is 0 Å². The van der Waals surface area contributed by atoms with Gasteiger partial charge in [0.1, 0.15) is 16.4 Å². The van der Waals surface area contributed by atoms with Crippen LogP contribution in [0, 0.1) is 12.8 Å². The Bertz CT molecular complexity index is 955. The first-order chi connectivity index (χ1) is 14.4. The molecule has 1 fully saturated rings. The van der Waals surface area contributed by atoms with Gasteiger partial charge in [0.25, 0.3) is 0 Å². The number of aryl methyl sites for hydroxylation is 1. The van der Waals surface area contributed by atoms with Gasteiger partial charge in [-0.3, -0.25) is 0 Å². The maximum Gasteiger partial charge on any atom is 0.415 e. The Hall–Kier alpha value is -2.58. The Kier molecular flexibility index (Phi) is 7.33. The molecule has 1 aliphatic rings. The number of carbonyl (C=O) groups is 1. The molecule has 1 heterocycles. The van der Waals surface area contributed by atoms with Crippen molar-refractivity contribution >= 4 is 16.1 Å². The molecule has 0 aliphatic carbocycles. The Morgan fingerprint density at radius 3 is 2.50 bits per heavy atom. The number of piperidine rings is 1. The summed E-state index contributed by atoms with van der Waals surface area (Å²) in [6.07, 6.45) is 1.04. The fourth-order valence-electron chi connectivity index (χ4n) is 3.38. The zero-order valence-corrected chi connectivity index (χ0v) is 18.2. The highest BCUT2D eigenvalue weighted by atomic mass is 32.2. The van der Waals surface area contributed by atoms with Gasteiger partial charge < -0.3 is 14.4 Å². The molecule has 1 aliphatic heterocycles. The average Bonchev–Trinajstić information content (AvgIpc) is 2.75. The molecular formula is C22H28N2O5S. The number of nitrogens with one attached hydrogen (secondary N) is 1. The SMILES string of the molecule is CCOc1ccc(C)cc1S(=O)(=O)NCC1CCN(C(=O)Oc2ccccc2)CC1. The van der Waals surface area contributed by atoms with Gasteiger partial charge in [-0.2, -0.15) is 0 Å². The van der Waals surface area contributed by atoms with E-state index in [-0.39, 0.29) is 16.9 Å². The lowest BCUT2D eigenvalue weighted by Gasteiger charge is -2.31. The van der Waals surface area contributed by atoms with E-state index >= 15 is 0 Å². The first-order valence-corrected chi connectivity index (χ1v) is 11.6. The van der Waals surface area contributed by atoms with Gasteiger partial charge in [0.05, 0.1) is 6.61 Å². The number of ether oxygens (including phenoxy) is 2. The minimum Gasteiger partial charge on any atom is -0.492 e. The quantitative estimate of drug-likeness (QED) is 0.723. The van der Waals surface area contributed by atoms with Crippen LogP contribution in [0.25, 0.3) is 0 Å². The first-order valence-electron chi connectivity index (χ1n) is 10.1. The second kappa shape index (κ2) is 9.95. The molecule has 7 nitrogen and oxygen atoms in total. The summed E-state index contributed by atoms with van der Waals surface area (Å²) in [5.41, 5.74) is 0.851. The van der Waals surface area contributed by atoms with Gasteiger partial charge in [-0.25, -0.2) is 17.9 Å². The van der Waals surface area contributed by atoms with Crippen molar-refractivity contribution in [3.63, 3.8) is 0 Å². The van der Waals surface area contributed by atoms with E-state index < -0.39 is 10.0 Å². The van der Waals surface area contributed by atoms with Crippen LogP contribution in [0.15, 0.2) is 53.4 Å². The molecule has 8 heteroatoms. The molecule has 0 atom stereocenters. The Morgan fingerprint density at radius 2 is 1.83 bits per heavy atom. The smallest absolute Gasteiger partial charge is 0.415 e. The highest BCUT2D eigenvalue weighted by molar-refractivity contribution is 7.89. The molecule has 2 aromatic carbocycles. The summed E-state index contributed by atoms with van der Waals surface area (Å²) < 4.78 is 39.2. The van der Waals surface area contributed by atoms with Crippen molar-refractivity contribution in [1.29, 1.82) is 0 Å². The van der Waals surface area contributed by atoms with E-state index in [1.165, 1.54) is 0 Å². The summed E-state index contributed by atoms with van der Waals surface area (Å²) in [5, 5.41) is 0. The van der Waals surface area contributed by atoms with Crippen LogP contribution in [0.4, 0.5) is 4.79 Å². The predicted molar refractivity (Wildman–Crippen MR) is 114 cm³/mol. The normalized spacial score (nSPS) is 15.1. The van der Waals surface area contributed by atoms with Crippen molar-refractivity contribution < 1.29 is 22.7 Å². The van der Waals surface area contributed by atoms with Crippen molar-refractivity contribution in [1.82, 2.24) is 9.62 Å². The maximum absolute atomic E-state index is 12.8. The summed E-state index contributed by atoms with van der Waals surface area (Å²) in [6, 6.07) is 14.1. The van der Waals surface area contributed by atoms with Gasteiger partial charge in [0.2, 0.25) is 10.0 Å². The van der Waals surface area contributed by atoms with Gasteiger partial charge >= 0.3 is 6.09 Å². The molecule has 1 N–H and O–H groups in total. The molecule has 3 rings (SSSR count). The lowest BCUT2D eigenvalue weighted by atomic mass is 9.97. The predicted octanol–water partition coefficient (Wildman–Crippen LogP) is 3.58. The van der Waals surface area contributed by atoms with Gasteiger partial charge in [0, 0.05) is 19.6 Å². The summed E-state index contributed by atoms with van der Waals surface area (Å²) in [6.45, 7) is 5.45. The first kappa shape index (κ1) is 22.1. The molecule has 2 aromatic rings. The Balaban J connectivity index is 1.53. The third-order valence-corrected chi connectivity index (χ3v) is 6.52. The summed E-state index contributed by atoms with van der Waals surface area (Å²) >= 11 is 0. The van der Waals surface area contributed by atoms with Crippen LogP contribution in [0.2, 0.25) is 0 Å². The number of para-hydroxylation sites is 1. The highest BCUT2D eigenvalue weighted by Gasteiger charge is 2.26. The highest BCUT2D eigenvalue weighted by Crippen LogP contribution is 2.26. The van der Waals surface area contributed by atoms with Crippen LogP contribution in [-0.4, -0.2) is 45.7 Å². The number of nitrogens with zero attached hydrogens (tertiary/aromatic N) is 1. The fraction of sp³-hybridized carbons (Fsp3) is 0.409. The Morgan fingerprint density at radius 1 is 1.13 bits per heavy atom. The van der Waals surface area contributed by atoms with Gasteiger partial charge in [-0.1, -0.05) is 24.3 Å². The molecule has 0 saturated carbocycles. The van der Waals surface area contributed by atoms with E-state index in [2.05, 4.69) is 4.72 Å². The summed E-state index contributed by atoms with van der Waals surface area (Å²) in [7, 11) is -3.69. The molecule has 162 valence electrons. The van der Waals surface area contributed by atoms with Gasteiger partial charge in [-0.05, 0) is 62.4 Å².